The van der Waals surface area contributed by atoms with E-state index < -0.39 is 0 Å². The maximum Gasteiger partial charge on any atom is 0.266 e. The summed E-state index contributed by atoms with van der Waals surface area (Å²) >= 11 is 0. The Bertz CT molecular complexity index is 1000. The molecule has 0 saturated heterocycles. The maximum absolute atomic E-state index is 12.7. The van der Waals surface area contributed by atoms with Gasteiger partial charge in [-0.1, -0.05) is 12.1 Å². The minimum atomic E-state index is -0.336. The fourth-order valence-corrected chi connectivity index (χ4v) is 2.63. The largest absolute Gasteiger partial charge is 0.298 e. The van der Waals surface area contributed by atoms with Crippen LogP contribution in [0.4, 0.5) is 0 Å². The van der Waals surface area contributed by atoms with Gasteiger partial charge in [0.2, 0.25) is 5.78 Å². The molecule has 0 unspecified atom stereocenters. The number of hydrogen-bond donors (Lipinski definition) is 0. The molecule has 0 bridgehead atoms. The Morgan fingerprint density at radius 1 is 1.05 bits per heavy atom. The normalized spacial score (nSPS) is 12.3. The van der Waals surface area contributed by atoms with Gasteiger partial charge in [-0.3, -0.25) is 19.0 Å². The van der Waals surface area contributed by atoms with Crippen molar-refractivity contribution in [3.05, 3.63) is 69.8 Å². The third-order valence-corrected chi connectivity index (χ3v) is 3.62. The second kappa shape index (κ2) is 3.96. The van der Waals surface area contributed by atoms with Crippen LogP contribution in [0.3, 0.4) is 0 Å². The minimum absolute atomic E-state index is 0.118. The molecule has 1 aromatic heterocycles. The monoisotopic (exact) mass is 276 g/mol. The molecule has 1 aliphatic rings. The number of carbonyl (C=O) groups excluding carboxylic acids is 2. The molecule has 5 nitrogen and oxygen atoms in total. The van der Waals surface area contributed by atoms with Crippen LogP contribution in [-0.2, 0) is 0 Å². The van der Waals surface area contributed by atoms with E-state index in [4.69, 9.17) is 0 Å². The smallest absolute Gasteiger partial charge is 0.266 e. The average molecular weight is 276 g/mol. The Morgan fingerprint density at radius 3 is 2.67 bits per heavy atom. The number of fused-ring (bicyclic) bond motifs is 4. The molecule has 2 aromatic carbocycles. The Kier molecular flexibility index (Phi) is 2.21. The number of aldehydes is 1. The van der Waals surface area contributed by atoms with Crippen LogP contribution in [0.2, 0.25) is 0 Å². The van der Waals surface area contributed by atoms with Crippen molar-refractivity contribution in [1.82, 2.24) is 9.55 Å². The summed E-state index contributed by atoms with van der Waals surface area (Å²) in [5, 5.41) is 0.327. The number of aromatic nitrogens is 2. The molecule has 0 aliphatic carbocycles. The molecule has 0 N–H and O–H groups in total. The fourth-order valence-electron chi connectivity index (χ4n) is 2.63. The van der Waals surface area contributed by atoms with Gasteiger partial charge in [-0.25, -0.2) is 4.98 Å². The summed E-state index contributed by atoms with van der Waals surface area (Å²) in [5.41, 5.74) is 1.48. The highest BCUT2D eigenvalue weighted by molar-refractivity contribution is 6.13. The summed E-state index contributed by atoms with van der Waals surface area (Å²) in [7, 11) is 0. The first kappa shape index (κ1) is 11.7. The summed E-state index contributed by atoms with van der Waals surface area (Å²) in [4.78, 5) is 40.1. The zero-order chi connectivity index (χ0) is 14.6. The molecular weight excluding hydrogens is 268 g/mol. The molecule has 0 radical (unpaired) electrons. The van der Waals surface area contributed by atoms with Crippen LogP contribution >= 0.6 is 0 Å². The first-order valence-electron chi connectivity index (χ1n) is 6.37. The summed E-state index contributed by atoms with van der Waals surface area (Å²) in [5.74, 6) is -0.142. The summed E-state index contributed by atoms with van der Waals surface area (Å²) in [6.45, 7) is 0. The number of nitrogens with zero attached hydrogens (tertiary/aromatic N) is 2. The molecular formula is C16H8N2O3. The van der Waals surface area contributed by atoms with E-state index in [2.05, 4.69) is 4.98 Å². The summed E-state index contributed by atoms with van der Waals surface area (Å²) < 4.78 is 1.31. The van der Waals surface area contributed by atoms with Gasteiger partial charge in [0.05, 0.1) is 22.2 Å². The number of ketones is 1. The summed E-state index contributed by atoms with van der Waals surface area (Å²) in [6.07, 6.45) is 0.676. The van der Waals surface area contributed by atoms with Gasteiger partial charge in [0.1, 0.15) is 6.29 Å². The molecule has 0 saturated carbocycles. The number of rotatable bonds is 1. The van der Waals surface area contributed by atoms with Gasteiger partial charge in [-0.2, -0.15) is 0 Å². The van der Waals surface area contributed by atoms with Crippen LogP contribution in [0.25, 0.3) is 16.6 Å². The lowest BCUT2D eigenvalue weighted by molar-refractivity contribution is 0.103. The third-order valence-electron chi connectivity index (χ3n) is 3.62. The van der Waals surface area contributed by atoms with Crippen LogP contribution in [0.15, 0.2) is 47.3 Å². The molecule has 21 heavy (non-hydrogen) atoms. The number of carbonyl (C=O) groups is 2. The van der Waals surface area contributed by atoms with Gasteiger partial charge in [-0.05, 0) is 30.3 Å². The highest BCUT2D eigenvalue weighted by Crippen LogP contribution is 2.25. The predicted molar refractivity (Wildman–Crippen MR) is 76.2 cm³/mol. The van der Waals surface area contributed by atoms with Gasteiger partial charge in [0, 0.05) is 5.56 Å². The zero-order valence-electron chi connectivity index (χ0n) is 10.7. The minimum Gasteiger partial charge on any atom is -0.298 e. The first-order valence-corrected chi connectivity index (χ1v) is 6.37. The highest BCUT2D eigenvalue weighted by atomic mass is 16.1. The van der Waals surface area contributed by atoms with Crippen molar-refractivity contribution in [1.29, 1.82) is 0 Å². The topological polar surface area (TPSA) is 69.0 Å². The van der Waals surface area contributed by atoms with Crippen molar-refractivity contribution in [2.75, 3.05) is 0 Å². The lowest BCUT2D eigenvalue weighted by atomic mass is 10.1. The predicted octanol–water partition coefficient (Wildman–Crippen LogP) is 1.74. The highest BCUT2D eigenvalue weighted by Gasteiger charge is 2.29. The first-order chi connectivity index (χ1) is 10.2. The molecule has 1 aliphatic heterocycles. The van der Waals surface area contributed by atoms with Crippen LogP contribution in [-0.4, -0.2) is 21.6 Å². The summed E-state index contributed by atoms with van der Waals surface area (Å²) in [6, 6.07) is 11.5. The van der Waals surface area contributed by atoms with Gasteiger partial charge in [-0.15, -0.1) is 0 Å². The van der Waals surface area contributed by atoms with E-state index in [0.717, 1.165) is 0 Å². The molecule has 0 spiro atoms. The van der Waals surface area contributed by atoms with E-state index in [-0.39, 0.29) is 17.2 Å². The van der Waals surface area contributed by atoms with Crippen molar-refractivity contribution in [3.8, 4) is 5.69 Å². The average Bonchev–Trinajstić information content (AvgIpc) is 2.81. The second-order valence-corrected chi connectivity index (χ2v) is 4.82. The van der Waals surface area contributed by atoms with Crippen molar-refractivity contribution < 1.29 is 9.59 Å². The molecule has 0 atom stereocenters. The van der Waals surface area contributed by atoms with Crippen LogP contribution < -0.4 is 5.56 Å². The van der Waals surface area contributed by atoms with Crippen molar-refractivity contribution in [3.63, 3.8) is 0 Å². The van der Waals surface area contributed by atoms with Gasteiger partial charge >= 0.3 is 0 Å². The van der Waals surface area contributed by atoms with E-state index in [9.17, 15) is 14.4 Å². The molecule has 100 valence electrons. The van der Waals surface area contributed by atoms with Gasteiger partial charge in [0.15, 0.2) is 5.82 Å². The lowest BCUT2D eigenvalue weighted by Crippen LogP contribution is -2.21. The lowest BCUT2D eigenvalue weighted by Gasteiger charge is -2.05. The molecule has 3 aromatic rings. The zero-order valence-corrected chi connectivity index (χ0v) is 10.7. The number of hydrogen-bond acceptors (Lipinski definition) is 4. The molecule has 0 fully saturated rings. The van der Waals surface area contributed by atoms with Gasteiger partial charge in [0.25, 0.3) is 5.56 Å². The Hall–Kier alpha value is -3.08. The molecule has 0 amide bonds. The quantitative estimate of drug-likeness (QED) is 0.497. The fraction of sp³-hybridized carbons (Fsp3) is 0. The Balaban J connectivity index is 2.18. The van der Waals surface area contributed by atoms with E-state index in [0.29, 0.717) is 34.0 Å². The van der Waals surface area contributed by atoms with E-state index in [1.54, 1.807) is 36.4 Å². The van der Waals surface area contributed by atoms with E-state index in [1.807, 2.05) is 0 Å². The van der Waals surface area contributed by atoms with Crippen LogP contribution in [0.1, 0.15) is 26.5 Å². The molecule has 4 rings (SSSR count). The number of para-hydroxylation sites is 1. The van der Waals surface area contributed by atoms with Crippen LogP contribution in [0, 0.1) is 0 Å². The Labute approximate surface area is 118 Å². The number of benzene rings is 2. The van der Waals surface area contributed by atoms with Crippen molar-refractivity contribution in [2.45, 2.75) is 0 Å². The maximum atomic E-state index is 12.7. The molecule has 5 heteroatoms. The van der Waals surface area contributed by atoms with E-state index in [1.165, 1.54) is 10.6 Å². The van der Waals surface area contributed by atoms with Crippen LogP contribution in [0.5, 0.6) is 0 Å². The Morgan fingerprint density at radius 2 is 1.86 bits per heavy atom. The third kappa shape index (κ3) is 1.45. The van der Waals surface area contributed by atoms with E-state index >= 15 is 0 Å². The van der Waals surface area contributed by atoms with Crippen molar-refractivity contribution >= 4 is 23.0 Å². The SMILES string of the molecule is O=Cc1ccc2nc3n(c(=O)c2c1)-c1ccccc1C3=O. The second-order valence-electron chi connectivity index (χ2n) is 4.82. The van der Waals surface area contributed by atoms with Crippen molar-refractivity contribution in [2.24, 2.45) is 0 Å². The standard InChI is InChI=1S/C16H8N2O3/c19-8-9-5-6-12-11(7-9)16(21)18-13-4-2-1-3-10(13)14(20)15(18)17-12/h1-8H. The van der Waals surface area contributed by atoms with Gasteiger partial charge < -0.3 is 0 Å². The molecule has 2 heterocycles.